The molecule has 2 aliphatic rings. The van der Waals surface area contributed by atoms with E-state index in [1.54, 1.807) is 0 Å². The third-order valence-corrected chi connectivity index (χ3v) is 5.12. The molecule has 0 aliphatic heterocycles. The van der Waals surface area contributed by atoms with E-state index >= 15 is 0 Å². The number of carboxylic acids is 1. The van der Waals surface area contributed by atoms with Gasteiger partial charge >= 0.3 is 24.1 Å². The topological polar surface area (TPSA) is 125 Å². The van der Waals surface area contributed by atoms with E-state index in [0.29, 0.717) is 51.4 Å². The smallest absolute Gasteiger partial charge is 0.481 e. The van der Waals surface area contributed by atoms with Crippen LogP contribution in [0.2, 0.25) is 0 Å². The maximum atomic E-state index is 12.3. The van der Waals surface area contributed by atoms with Crippen molar-refractivity contribution < 1.29 is 43.2 Å². The summed E-state index contributed by atoms with van der Waals surface area (Å²) in [6.07, 6.45) is 3.72. The summed E-state index contributed by atoms with van der Waals surface area (Å²) in [6.45, 7) is 2.67. The highest BCUT2D eigenvalue weighted by Crippen LogP contribution is 2.31. The van der Waals surface area contributed by atoms with Gasteiger partial charge in [0.15, 0.2) is 0 Å². The first kappa shape index (κ1) is 21.7. The van der Waals surface area contributed by atoms with Gasteiger partial charge in [-0.05, 0) is 51.4 Å². The lowest BCUT2D eigenvalue weighted by Crippen LogP contribution is -2.33. The fourth-order valence-electron chi connectivity index (χ4n) is 3.47. The molecule has 156 valence electrons. The molecule has 0 saturated heterocycles. The number of esters is 2. The zero-order valence-electron chi connectivity index (χ0n) is 15.7. The van der Waals surface area contributed by atoms with Crippen LogP contribution in [-0.2, 0) is 33.3 Å². The van der Waals surface area contributed by atoms with Crippen molar-refractivity contribution in [3.8, 4) is 0 Å². The van der Waals surface area contributed by atoms with Crippen LogP contribution >= 0.6 is 0 Å². The minimum Gasteiger partial charge on any atom is -0.481 e. The van der Waals surface area contributed by atoms with Crippen LogP contribution in [0.4, 0.5) is 4.79 Å². The molecular formula is C19H26O9. The zero-order chi connectivity index (χ0) is 20.5. The first-order valence-corrected chi connectivity index (χ1v) is 9.45. The third kappa shape index (κ3) is 6.86. The van der Waals surface area contributed by atoms with E-state index in [-0.39, 0.29) is 30.0 Å². The van der Waals surface area contributed by atoms with Crippen LogP contribution < -0.4 is 0 Å². The summed E-state index contributed by atoms with van der Waals surface area (Å²) in [5.41, 5.74) is 0. The van der Waals surface area contributed by atoms with E-state index in [0.717, 1.165) is 6.08 Å². The molecule has 0 heterocycles. The number of ether oxygens (including phenoxy) is 4. The van der Waals surface area contributed by atoms with Crippen molar-refractivity contribution in [2.75, 3.05) is 6.79 Å². The number of carboxylic acid groups (broad SMARTS) is 1. The van der Waals surface area contributed by atoms with Gasteiger partial charge in [0.2, 0.25) is 6.79 Å². The summed E-state index contributed by atoms with van der Waals surface area (Å²) in [6, 6.07) is 0. The Morgan fingerprint density at radius 3 is 1.89 bits per heavy atom. The molecule has 0 bridgehead atoms. The monoisotopic (exact) mass is 398 g/mol. The van der Waals surface area contributed by atoms with Gasteiger partial charge in [-0.3, -0.25) is 9.59 Å². The second-order valence-corrected chi connectivity index (χ2v) is 7.02. The van der Waals surface area contributed by atoms with Gasteiger partial charge in [0.25, 0.3) is 0 Å². The Labute approximate surface area is 163 Å². The van der Waals surface area contributed by atoms with Gasteiger partial charge in [-0.2, -0.15) is 0 Å². The SMILES string of the molecule is C=CC(=O)OCOC(=O)OC1CCC(C(=O)OC2CCC(C(=O)O)CC2)CC1. The maximum absolute atomic E-state index is 12.3. The lowest BCUT2D eigenvalue weighted by Gasteiger charge is -2.30. The molecule has 2 aliphatic carbocycles. The van der Waals surface area contributed by atoms with Crippen molar-refractivity contribution in [1.82, 2.24) is 0 Å². The summed E-state index contributed by atoms with van der Waals surface area (Å²) >= 11 is 0. The van der Waals surface area contributed by atoms with Gasteiger partial charge in [0.05, 0.1) is 11.8 Å². The highest BCUT2D eigenvalue weighted by atomic mass is 16.8. The van der Waals surface area contributed by atoms with Crippen molar-refractivity contribution >= 4 is 24.1 Å². The molecule has 2 saturated carbocycles. The van der Waals surface area contributed by atoms with E-state index in [1.807, 2.05) is 0 Å². The number of carbonyl (C=O) groups is 4. The number of rotatable bonds is 7. The quantitative estimate of drug-likeness (QED) is 0.298. The van der Waals surface area contributed by atoms with Gasteiger partial charge in [-0.15, -0.1) is 0 Å². The molecule has 1 N–H and O–H groups in total. The van der Waals surface area contributed by atoms with Gasteiger partial charge < -0.3 is 24.1 Å². The Kier molecular flexibility index (Phi) is 8.28. The molecule has 0 unspecified atom stereocenters. The molecule has 9 heteroatoms. The predicted molar refractivity (Wildman–Crippen MR) is 93.9 cm³/mol. The molecule has 0 aromatic rings. The highest BCUT2D eigenvalue weighted by Gasteiger charge is 2.33. The van der Waals surface area contributed by atoms with Gasteiger partial charge in [0, 0.05) is 6.08 Å². The van der Waals surface area contributed by atoms with Crippen LogP contribution in [0.15, 0.2) is 12.7 Å². The lowest BCUT2D eigenvalue weighted by atomic mass is 9.86. The molecular weight excluding hydrogens is 372 g/mol. The van der Waals surface area contributed by atoms with Crippen LogP contribution in [0, 0.1) is 11.8 Å². The summed E-state index contributed by atoms with van der Waals surface area (Å²) in [4.78, 5) is 45.6. The summed E-state index contributed by atoms with van der Waals surface area (Å²) < 4.78 is 19.8. The van der Waals surface area contributed by atoms with E-state index in [1.165, 1.54) is 0 Å². The average Bonchev–Trinajstić information content (AvgIpc) is 2.68. The molecule has 28 heavy (non-hydrogen) atoms. The van der Waals surface area contributed by atoms with Gasteiger partial charge in [-0.1, -0.05) is 6.58 Å². The molecule has 0 aromatic heterocycles. The molecule has 2 fully saturated rings. The van der Waals surface area contributed by atoms with E-state index in [9.17, 15) is 19.2 Å². The van der Waals surface area contributed by atoms with Crippen LogP contribution in [-0.4, -0.2) is 48.2 Å². The first-order chi connectivity index (χ1) is 13.4. The Balaban J connectivity index is 1.63. The standard InChI is InChI=1S/C19H26O9/c1-2-16(20)25-11-26-19(24)28-15-9-5-13(6-10-15)18(23)27-14-7-3-12(4-8-14)17(21)22/h2,12-15H,1,3-11H2,(H,21,22). The fourth-order valence-corrected chi connectivity index (χ4v) is 3.47. The van der Waals surface area contributed by atoms with Crippen molar-refractivity contribution in [3.63, 3.8) is 0 Å². The van der Waals surface area contributed by atoms with E-state index in [2.05, 4.69) is 16.1 Å². The molecule has 0 atom stereocenters. The van der Waals surface area contributed by atoms with Crippen molar-refractivity contribution in [1.29, 1.82) is 0 Å². The maximum Gasteiger partial charge on any atom is 0.511 e. The molecule has 9 nitrogen and oxygen atoms in total. The highest BCUT2D eigenvalue weighted by molar-refractivity contribution is 5.81. The van der Waals surface area contributed by atoms with Crippen LogP contribution in [0.3, 0.4) is 0 Å². The molecule has 0 radical (unpaired) electrons. The average molecular weight is 398 g/mol. The second kappa shape index (κ2) is 10.7. The normalized spacial score (nSPS) is 27.1. The summed E-state index contributed by atoms with van der Waals surface area (Å²) in [7, 11) is 0. The van der Waals surface area contributed by atoms with E-state index < -0.39 is 24.9 Å². The first-order valence-electron chi connectivity index (χ1n) is 9.45. The minimum absolute atomic E-state index is 0.217. The van der Waals surface area contributed by atoms with Crippen LogP contribution in [0.25, 0.3) is 0 Å². The molecule has 2 rings (SSSR count). The predicted octanol–water partition coefficient (Wildman–Crippen LogP) is 2.57. The number of aliphatic carboxylic acids is 1. The Hall–Kier alpha value is -2.58. The molecule has 0 aromatic carbocycles. The van der Waals surface area contributed by atoms with Gasteiger partial charge in [-0.25, -0.2) is 9.59 Å². The number of hydrogen-bond acceptors (Lipinski definition) is 8. The Morgan fingerprint density at radius 2 is 1.36 bits per heavy atom. The minimum atomic E-state index is -0.932. The van der Waals surface area contributed by atoms with Crippen molar-refractivity contribution in [2.24, 2.45) is 11.8 Å². The fraction of sp³-hybridized carbons (Fsp3) is 0.684. The Bertz CT molecular complexity index is 584. The lowest BCUT2D eigenvalue weighted by molar-refractivity contribution is -0.158. The second-order valence-electron chi connectivity index (χ2n) is 7.02. The van der Waals surface area contributed by atoms with Crippen molar-refractivity contribution in [2.45, 2.75) is 63.6 Å². The van der Waals surface area contributed by atoms with E-state index in [4.69, 9.17) is 14.6 Å². The number of carbonyl (C=O) groups excluding carboxylic acids is 3. The molecule has 0 spiro atoms. The largest absolute Gasteiger partial charge is 0.511 e. The third-order valence-electron chi connectivity index (χ3n) is 5.12. The van der Waals surface area contributed by atoms with Crippen molar-refractivity contribution in [3.05, 3.63) is 12.7 Å². The summed E-state index contributed by atoms with van der Waals surface area (Å²) in [5.74, 6) is -2.36. The van der Waals surface area contributed by atoms with Crippen LogP contribution in [0.5, 0.6) is 0 Å². The summed E-state index contributed by atoms with van der Waals surface area (Å²) in [5, 5.41) is 9.00. The molecule has 0 amide bonds. The number of hydrogen-bond donors (Lipinski definition) is 1. The van der Waals surface area contributed by atoms with Crippen LogP contribution in [0.1, 0.15) is 51.4 Å². The Morgan fingerprint density at radius 1 is 0.821 bits per heavy atom. The zero-order valence-corrected chi connectivity index (χ0v) is 15.7. The van der Waals surface area contributed by atoms with Gasteiger partial charge in [0.1, 0.15) is 12.2 Å².